The number of nitrogens with zero attached hydrogens (tertiary/aromatic N) is 2. The third kappa shape index (κ3) is 2.95. The average Bonchev–Trinajstić information content (AvgIpc) is 2.26. The summed E-state index contributed by atoms with van der Waals surface area (Å²) in [5.74, 6) is -1.22. The lowest BCUT2D eigenvalue weighted by Gasteiger charge is -2.11. The molecule has 0 aliphatic rings. The quantitative estimate of drug-likeness (QED) is 0.818. The van der Waals surface area contributed by atoms with Gasteiger partial charge < -0.3 is 10.8 Å². The van der Waals surface area contributed by atoms with E-state index < -0.39 is 24.4 Å². The van der Waals surface area contributed by atoms with Crippen LogP contribution in [0.5, 0.6) is 0 Å². The van der Waals surface area contributed by atoms with Crippen LogP contribution in [0.25, 0.3) is 0 Å². The van der Waals surface area contributed by atoms with Crippen molar-refractivity contribution in [3.63, 3.8) is 0 Å². The molecule has 0 spiro atoms. The molecule has 1 aromatic rings. The topological polar surface area (TPSA) is 100 Å². The minimum atomic E-state index is -2.82. The second kappa shape index (κ2) is 5.32. The van der Waals surface area contributed by atoms with Gasteiger partial charge in [-0.2, -0.15) is 5.26 Å². The molecule has 0 aliphatic carbocycles. The smallest absolute Gasteiger partial charge is 0.309 e. The highest BCUT2D eigenvalue weighted by Crippen LogP contribution is 2.25. The molecule has 0 atom stereocenters. The number of aromatic nitrogens is 1. The molecule has 0 unspecified atom stereocenters. The Hall–Kier alpha value is -2.07. The number of carbonyl (C=O) groups is 1. The van der Waals surface area contributed by atoms with Crippen LogP contribution < -0.4 is 5.73 Å². The zero-order valence-electron chi connectivity index (χ0n) is 8.65. The van der Waals surface area contributed by atoms with Crippen molar-refractivity contribution in [3.8, 4) is 6.07 Å². The minimum Gasteiger partial charge on any atom is -0.481 e. The monoisotopic (exact) mass is 241 g/mol. The number of carboxylic acids is 1. The van der Waals surface area contributed by atoms with Gasteiger partial charge in [-0.05, 0) is 11.6 Å². The van der Waals surface area contributed by atoms with Gasteiger partial charge in [-0.15, -0.1) is 0 Å². The normalized spacial score (nSPS) is 10.3. The van der Waals surface area contributed by atoms with E-state index in [0.717, 1.165) is 6.07 Å². The first kappa shape index (κ1) is 13.0. The third-order valence-electron chi connectivity index (χ3n) is 2.12. The molecule has 0 aromatic carbocycles. The van der Waals surface area contributed by atoms with Crippen molar-refractivity contribution in [1.82, 2.24) is 4.98 Å². The van der Waals surface area contributed by atoms with E-state index in [9.17, 15) is 13.6 Å². The molecule has 90 valence electrons. The van der Waals surface area contributed by atoms with Gasteiger partial charge in [-0.25, -0.2) is 13.8 Å². The maximum atomic E-state index is 12.7. The Kier molecular flexibility index (Phi) is 4.06. The molecule has 1 aromatic heterocycles. The Bertz CT molecular complexity index is 483. The van der Waals surface area contributed by atoms with Crippen LogP contribution in [-0.2, 0) is 17.8 Å². The van der Waals surface area contributed by atoms with Crippen LogP contribution in [0.4, 0.5) is 8.78 Å². The maximum Gasteiger partial charge on any atom is 0.309 e. The predicted molar refractivity (Wildman–Crippen MR) is 53.1 cm³/mol. The number of hydrogen-bond acceptors (Lipinski definition) is 4. The van der Waals surface area contributed by atoms with Crippen LogP contribution in [0.2, 0.25) is 0 Å². The number of pyridine rings is 1. The number of nitrogens with two attached hydrogens (primary N) is 1. The Labute approximate surface area is 95.5 Å². The lowest BCUT2D eigenvalue weighted by molar-refractivity contribution is -0.136. The van der Waals surface area contributed by atoms with Gasteiger partial charge in [-0.1, -0.05) is 0 Å². The first-order valence-corrected chi connectivity index (χ1v) is 4.62. The Morgan fingerprint density at radius 2 is 2.29 bits per heavy atom. The summed E-state index contributed by atoms with van der Waals surface area (Å²) in [4.78, 5) is 14.3. The van der Waals surface area contributed by atoms with Crippen LogP contribution in [0.3, 0.4) is 0 Å². The molecule has 17 heavy (non-hydrogen) atoms. The molecule has 0 aliphatic heterocycles. The van der Waals surface area contributed by atoms with Crippen molar-refractivity contribution in [2.75, 3.05) is 0 Å². The van der Waals surface area contributed by atoms with Gasteiger partial charge in [0.15, 0.2) is 0 Å². The van der Waals surface area contributed by atoms with Gasteiger partial charge in [0.05, 0.1) is 12.1 Å². The summed E-state index contributed by atoms with van der Waals surface area (Å²) in [5.41, 5.74) is 4.53. The molecule has 7 heteroatoms. The van der Waals surface area contributed by atoms with Crippen molar-refractivity contribution in [2.45, 2.75) is 19.4 Å². The highest BCUT2D eigenvalue weighted by Gasteiger charge is 2.19. The van der Waals surface area contributed by atoms with E-state index in [0.29, 0.717) is 0 Å². The van der Waals surface area contributed by atoms with E-state index >= 15 is 0 Å². The number of aliphatic carboxylic acids is 1. The summed E-state index contributed by atoms with van der Waals surface area (Å²) >= 11 is 0. The van der Waals surface area contributed by atoms with Gasteiger partial charge in [0, 0.05) is 12.1 Å². The zero-order chi connectivity index (χ0) is 13.0. The number of nitriles is 1. The number of carboxylic acid groups (broad SMARTS) is 1. The van der Waals surface area contributed by atoms with E-state index in [2.05, 4.69) is 4.98 Å². The lowest BCUT2D eigenvalue weighted by Crippen LogP contribution is -2.13. The second-order valence-electron chi connectivity index (χ2n) is 3.21. The molecular formula is C10H9F2N3O2. The molecule has 0 amide bonds. The second-order valence-corrected chi connectivity index (χ2v) is 3.21. The van der Waals surface area contributed by atoms with Gasteiger partial charge in [0.1, 0.15) is 11.8 Å². The Morgan fingerprint density at radius 1 is 1.65 bits per heavy atom. The highest BCUT2D eigenvalue weighted by molar-refractivity contribution is 5.70. The van der Waals surface area contributed by atoms with Gasteiger partial charge >= 0.3 is 5.97 Å². The van der Waals surface area contributed by atoms with Crippen molar-refractivity contribution < 1.29 is 18.7 Å². The fraction of sp³-hybridized carbons (Fsp3) is 0.300. The number of hydrogen-bond donors (Lipinski definition) is 2. The maximum absolute atomic E-state index is 12.7. The van der Waals surface area contributed by atoms with Crippen molar-refractivity contribution >= 4 is 5.97 Å². The number of alkyl halides is 2. The molecule has 0 radical (unpaired) electrons. The van der Waals surface area contributed by atoms with Crippen LogP contribution in [-0.4, -0.2) is 16.1 Å². The molecule has 3 N–H and O–H groups in total. The van der Waals surface area contributed by atoms with Crippen LogP contribution >= 0.6 is 0 Å². The molecule has 0 bridgehead atoms. The fourth-order valence-electron chi connectivity index (χ4n) is 1.42. The fourth-order valence-corrected chi connectivity index (χ4v) is 1.42. The van der Waals surface area contributed by atoms with Gasteiger partial charge in [0.25, 0.3) is 6.43 Å². The van der Waals surface area contributed by atoms with Crippen molar-refractivity contribution in [1.29, 1.82) is 5.26 Å². The lowest BCUT2D eigenvalue weighted by atomic mass is 10.0. The predicted octanol–water partition coefficient (Wildman–Crippen LogP) is 0.977. The molecular weight excluding hydrogens is 232 g/mol. The van der Waals surface area contributed by atoms with Crippen LogP contribution in [0, 0.1) is 11.3 Å². The van der Waals surface area contributed by atoms with Crippen molar-refractivity contribution in [3.05, 3.63) is 28.6 Å². The molecule has 0 saturated carbocycles. The zero-order valence-corrected chi connectivity index (χ0v) is 8.65. The summed E-state index contributed by atoms with van der Waals surface area (Å²) < 4.78 is 25.4. The van der Waals surface area contributed by atoms with Crippen molar-refractivity contribution in [2.24, 2.45) is 5.73 Å². The largest absolute Gasteiger partial charge is 0.481 e. The van der Waals surface area contributed by atoms with Crippen LogP contribution in [0.1, 0.15) is 28.9 Å². The minimum absolute atomic E-state index is 0.0126. The summed E-state index contributed by atoms with van der Waals surface area (Å²) in [6.07, 6.45) is -3.36. The van der Waals surface area contributed by atoms with Crippen LogP contribution in [0.15, 0.2) is 6.07 Å². The highest BCUT2D eigenvalue weighted by atomic mass is 19.3. The SMILES string of the molecule is N#Cc1cc(C(F)F)c(CN)c(CC(=O)O)n1. The summed E-state index contributed by atoms with van der Waals surface area (Å²) in [6, 6.07) is 2.54. The third-order valence-corrected chi connectivity index (χ3v) is 2.12. The van der Waals surface area contributed by atoms with E-state index in [-0.39, 0.29) is 23.5 Å². The molecule has 0 saturated heterocycles. The molecule has 5 nitrogen and oxygen atoms in total. The Balaban J connectivity index is 3.40. The standard InChI is InChI=1S/C10H9F2N3O2/c11-10(12)6-1-5(3-13)15-8(2-9(16)17)7(6)4-14/h1,10H,2,4,14H2,(H,16,17). The first-order valence-electron chi connectivity index (χ1n) is 4.62. The molecule has 0 fully saturated rings. The van der Waals surface area contributed by atoms with Gasteiger partial charge in [-0.3, -0.25) is 4.79 Å². The number of halogens is 2. The summed E-state index contributed by atoms with van der Waals surface area (Å²) in [6.45, 7) is -0.249. The molecule has 1 heterocycles. The first-order chi connectivity index (χ1) is 7.99. The van der Waals surface area contributed by atoms with E-state index in [1.165, 1.54) is 0 Å². The average molecular weight is 241 g/mol. The van der Waals surface area contributed by atoms with E-state index in [1.54, 1.807) is 6.07 Å². The summed E-state index contributed by atoms with van der Waals surface area (Å²) in [7, 11) is 0. The molecule has 1 rings (SSSR count). The Morgan fingerprint density at radius 3 is 2.71 bits per heavy atom. The van der Waals surface area contributed by atoms with E-state index in [1.807, 2.05) is 0 Å². The number of rotatable bonds is 4. The summed E-state index contributed by atoms with van der Waals surface area (Å²) in [5, 5.41) is 17.3. The van der Waals surface area contributed by atoms with Gasteiger partial charge in [0.2, 0.25) is 0 Å². The van der Waals surface area contributed by atoms with E-state index in [4.69, 9.17) is 16.1 Å².